The van der Waals surface area contributed by atoms with Crippen molar-refractivity contribution in [3.8, 4) is 0 Å². The number of fused-ring (bicyclic) bond motifs is 1. The minimum Gasteiger partial charge on any atom is -0.480 e. The topological polar surface area (TPSA) is 209 Å². The second kappa shape index (κ2) is 14.8. The van der Waals surface area contributed by atoms with E-state index in [0.29, 0.717) is 5.56 Å². The lowest BCUT2D eigenvalue weighted by molar-refractivity contribution is -0.142. The van der Waals surface area contributed by atoms with Crippen LogP contribution in [0.3, 0.4) is 0 Å². The number of hydrogen-bond acceptors (Lipinski definition) is 6. The Morgan fingerprint density at radius 2 is 1.40 bits per heavy atom. The van der Waals surface area contributed by atoms with Gasteiger partial charge in [-0.1, -0.05) is 62.4 Å². The Hall–Kier alpha value is -4.71. The number of aliphatic carboxylic acids is 1. The zero-order chi connectivity index (χ0) is 30.8. The summed E-state index contributed by atoms with van der Waals surface area (Å²) in [6, 6.07) is 11.5. The quantitative estimate of drug-likeness (QED) is 0.137. The lowest BCUT2D eigenvalue weighted by Gasteiger charge is -2.25. The Morgan fingerprint density at radius 1 is 0.810 bits per heavy atom. The van der Waals surface area contributed by atoms with Gasteiger partial charge < -0.3 is 37.5 Å². The van der Waals surface area contributed by atoms with Crippen molar-refractivity contribution in [3.05, 3.63) is 71.9 Å². The van der Waals surface area contributed by atoms with Crippen LogP contribution in [0.4, 0.5) is 0 Å². The number of carbonyl (C=O) groups excluding carboxylic acids is 4. The monoisotopic (exact) mass is 578 g/mol. The number of nitrogens with one attached hydrogen (secondary N) is 4. The predicted octanol–water partition coefficient (Wildman–Crippen LogP) is 0.741. The first-order valence-corrected chi connectivity index (χ1v) is 13.7. The molecule has 42 heavy (non-hydrogen) atoms. The zero-order valence-corrected chi connectivity index (χ0v) is 23.6. The maximum Gasteiger partial charge on any atom is 0.326 e. The maximum atomic E-state index is 13.3. The molecule has 1 aromatic heterocycles. The first-order chi connectivity index (χ1) is 19.9. The van der Waals surface area contributed by atoms with E-state index in [9.17, 15) is 29.1 Å². The number of para-hydroxylation sites is 1. The number of hydrogen-bond donors (Lipinski definition) is 7. The summed E-state index contributed by atoms with van der Waals surface area (Å²) in [4.78, 5) is 66.2. The van der Waals surface area contributed by atoms with Crippen LogP contribution in [0.2, 0.25) is 0 Å². The SMILES string of the molecule is CC(C)CC(NC(=O)C(CC(N)=O)NC(=O)C(N)Cc1c[nH]c2ccccc12)C(=O)NC(Cc1ccccc1)C(=O)O. The lowest BCUT2D eigenvalue weighted by Crippen LogP contribution is -2.58. The number of nitrogens with two attached hydrogens (primary N) is 2. The van der Waals surface area contributed by atoms with Crippen molar-refractivity contribution in [1.29, 1.82) is 0 Å². The summed E-state index contributed by atoms with van der Waals surface area (Å²) in [7, 11) is 0. The van der Waals surface area contributed by atoms with E-state index in [1.165, 1.54) is 0 Å². The van der Waals surface area contributed by atoms with Crippen LogP contribution in [-0.4, -0.2) is 63.9 Å². The third kappa shape index (κ3) is 9.16. The minimum atomic E-state index is -1.40. The van der Waals surface area contributed by atoms with Gasteiger partial charge in [0.2, 0.25) is 23.6 Å². The number of amides is 4. The van der Waals surface area contributed by atoms with Crippen LogP contribution in [0.5, 0.6) is 0 Å². The van der Waals surface area contributed by atoms with Gasteiger partial charge in [0.1, 0.15) is 18.1 Å². The highest BCUT2D eigenvalue weighted by Gasteiger charge is 2.31. The van der Waals surface area contributed by atoms with Crippen LogP contribution in [-0.2, 0) is 36.8 Å². The van der Waals surface area contributed by atoms with Crippen molar-refractivity contribution < 1.29 is 29.1 Å². The molecule has 0 radical (unpaired) electrons. The van der Waals surface area contributed by atoms with Crippen molar-refractivity contribution >= 4 is 40.5 Å². The smallest absolute Gasteiger partial charge is 0.326 e. The van der Waals surface area contributed by atoms with Gasteiger partial charge in [-0.3, -0.25) is 19.2 Å². The molecule has 12 nitrogen and oxygen atoms in total. The summed E-state index contributed by atoms with van der Waals surface area (Å²) in [6.07, 6.45) is 1.60. The van der Waals surface area contributed by atoms with Gasteiger partial charge in [-0.05, 0) is 36.0 Å². The van der Waals surface area contributed by atoms with Gasteiger partial charge in [0.05, 0.1) is 12.5 Å². The van der Waals surface area contributed by atoms with E-state index in [1.54, 1.807) is 36.5 Å². The van der Waals surface area contributed by atoms with Gasteiger partial charge in [0, 0.05) is 23.5 Å². The summed E-state index contributed by atoms with van der Waals surface area (Å²) >= 11 is 0. The van der Waals surface area contributed by atoms with E-state index in [1.807, 2.05) is 38.1 Å². The maximum absolute atomic E-state index is 13.3. The van der Waals surface area contributed by atoms with Crippen LogP contribution in [0.25, 0.3) is 10.9 Å². The Bertz CT molecular complexity index is 1410. The fraction of sp³-hybridized carbons (Fsp3) is 0.367. The molecule has 4 amide bonds. The first-order valence-electron chi connectivity index (χ1n) is 13.7. The number of H-pyrrole nitrogens is 1. The number of primary amides is 1. The van der Waals surface area contributed by atoms with Crippen molar-refractivity contribution in [2.75, 3.05) is 0 Å². The molecule has 9 N–H and O–H groups in total. The Labute approximate surface area is 243 Å². The highest BCUT2D eigenvalue weighted by atomic mass is 16.4. The van der Waals surface area contributed by atoms with E-state index in [0.717, 1.165) is 16.5 Å². The van der Waals surface area contributed by atoms with Crippen molar-refractivity contribution in [2.24, 2.45) is 17.4 Å². The van der Waals surface area contributed by atoms with Crippen molar-refractivity contribution in [1.82, 2.24) is 20.9 Å². The predicted molar refractivity (Wildman–Crippen MR) is 157 cm³/mol. The normalized spacial score (nSPS) is 14.0. The van der Waals surface area contributed by atoms with Crippen LogP contribution in [0.1, 0.15) is 37.8 Å². The van der Waals surface area contributed by atoms with Crippen LogP contribution < -0.4 is 27.4 Å². The summed E-state index contributed by atoms with van der Waals surface area (Å²) in [5.74, 6) is -4.35. The van der Waals surface area contributed by atoms with Crippen LogP contribution in [0.15, 0.2) is 60.8 Å². The Balaban J connectivity index is 1.70. The van der Waals surface area contributed by atoms with Gasteiger partial charge in [-0.25, -0.2) is 4.79 Å². The molecule has 2 aromatic carbocycles. The summed E-state index contributed by atoms with van der Waals surface area (Å²) in [6.45, 7) is 3.66. The van der Waals surface area contributed by atoms with Gasteiger partial charge in [0.15, 0.2) is 0 Å². The number of aromatic nitrogens is 1. The second-order valence-corrected chi connectivity index (χ2v) is 10.7. The molecule has 4 atom stereocenters. The molecule has 0 saturated carbocycles. The first kappa shape index (κ1) is 31.8. The van der Waals surface area contributed by atoms with Gasteiger partial charge in [-0.15, -0.1) is 0 Å². The molecule has 0 saturated heterocycles. The van der Waals surface area contributed by atoms with E-state index in [-0.39, 0.29) is 25.2 Å². The van der Waals surface area contributed by atoms with E-state index < -0.39 is 60.2 Å². The lowest BCUT2D eigenvalue weighted by atomic mass is 10.0. The highest BCUT2D eigenvalue weighted by molar-refractivity contribution is 5.96. The fourth-order valence-corrected chi connectivity index (χ4v) is 4.62. The molecule has 0 fully saturated rings. The molecule has 0 aliphatic carbocycles. The molecular formula is C30H38N6O6. The number of carbonyl (C=O) groups is 5. The van der Waals surface area contributed by atoms with Crippen molar-refractivity contribution in [3.63, 3.8) is 0 Å². The van der Waals surface area contributed by atoms with E-state index in [4.69, 9.17) is 11.5 Å². The molecule has 4 unspecified atom stereocenters. The Morgan fingerprint density at radius 3 is 2.05 bits per heavy atom. The Kier molecular flexibility index (Phi) is 11.2. The standard InChI is InChI=1S/C30H38N6O6/c1-17(2)12-23(28(39)36-25(30(41)42)13-18-8-4-3-5-9-18)35-29(40)24(15-26(32)37)34-27(38)21(31)14-19-16-33-22-11-7-6-10-20(19)22/h3-11,16-17,21,23-25,33H,12-15,31H2,1-2H3,(H2,32,37)(H,34,38)(H,35,40)(H,36,39)(H,41,42). The molecule has 12 heteroatoms. The number of benzene rings is 2. The second-order valence-electron chi connectivity index (χ2n) is 10.7. The van der Waals surface area contributed by atoms with Gasteiger partial charge in [0.25, 0.3) is 0 Å². The molecule has 0 bridgehead atoms. The number of aromatic amines is 1. The largest absolute Gasteiger partial charge is 0.480 e. The molecular weight excluding hydrogens is 540 g/mol. The number of carboxylic acid groups (broad SMARTS) is 1. The summed E-state index contributed by atoms with van der Waals surface area (Å²) in [5, 5.41) is 18.2. The summed E-state index contributed by atoms with van der Waals surface area (Å²) < 4.78 is 0. The van der Waals surface area contributed by atoms with Crippen LogP contribution in [0, 0.1) is 5.92 Å². The van der Waals surface area contributed by atoms with Crippen molar-refractivity contribution in [2.45, 2.75) is 63.7 Å². The zero-order valence-electron chi connectivity index (χ0n) is 23.6. The van der Waals surface area contributed by atoms with Gasteiger partial charge in [-0.2, -0.15) is 0 Å². The average Bonchev–Trinajstić information content (AvgIpc) is 3.34. The van der Waals surface area contributed by atoms with E-state index in [2.05, 4.69) is 20.9 Å². The average molecular weight is 579 g/mol. The third-order valence-electron chi connectivity index (χ3n) is 6.73. The molecule has 1 heterocycles. The molecule has 3 rings (SSSR count). The molecule has 224 valence electrons. The molecule has 0 aliphatic rings. The molecule has 0 aliphatic heterocycles. The molecule has 3 aromatic rings. The van der Waals surface area contributed by atoms with Crippen LogP contribution >= 0.6 is 0 Å². The highest BCUT2D eigenvalue weighted by Crippen LogP contribution is 2.19. The molecule has 0 spiro atoms. The number of rotatable bonds is 15. The van der Waals surface area contributed by atoms with Gasteiger partial charge >= 0.3 is 5.97 Å². The summed E-state index contributed by atoms with van der Waals surface area (Å²) in [5.41, 5.74) is 13.9. The number of carboxylic acids is 1. The van der Waals surface area contributed by atoms with E-state index >= 15 is 0 Å². The third-order valence-corrected chi connectivity index (χ3v) is 6.73. The minimum absolute atomic E-state index is 0.0406. The fourth-order valence-electron chi connectivity index (χ4n) is 4.62.